The van der Waals surface area contributed by atoms with Gasteiger partial charge in [-0.2, -0.15) is 0 Å². The lowest BCUT2D eigenvalue weighted by Crippen LogP contribution is -2.56. The zero-order valence-electron chi connectivity index (χ0n) is 24.0. The first-order valence-electron chi connectivity index (χ1n) is 14.6. The van der Waals surface area contributed by atoms with Crippen LogP contribution in [0.15, 0.2) is 42.5 Å². The maximum Gasteiger partial charge on any atom is 0.407 e. The molecule has 0 aromatic heterocycles. The minimum Gasteiger partial charge on any atom is -0.465 e. The van der Waals surface area contributed by atoms with Crippen molar-refractivity contribution in [1.82, 2.24) is 14.7 Å². The Bertz CT molecular complexity index is 1360. The summed E-state index contributed by atoms with van der Waals surface area (Å²) in [6.07, 6.45) is 2.16. The summed E-state index contributed by atoms with van der Waals surface area (Å²) >= 11 is 0. The Morgan fingerprint density at radius 3 is 2.41 bits per heavy atom. The number of β-amino-alcohol motifs (C(OH)–C–C–N with tert-alkyl or cyclic N) is 1. The molecule has 2 aromatic carbocycles. The number of amides is 3. The van der Waals surface area contributed by atoms with Gasteiger partial charge in [0.05, 0.1) is 18.2 Å². The highest BCUT2D eigenvalue weighted by Gasteiger charge is 2.45. The van der Waals surface area contributed by atoms with Gasteiger partial charge in [-0.3, -0.25) is 14.5 Å². The van der Waals surface area contributed by atoms with E-state index >= 15 is 0 Å². The Labute approximate surface area is 240 Å². The van der Waals surface area contributed by atoms with Crippen LogP contribution in [0.3, 0.4) is 0 Å². The van der Waals surface area contributed by atoms with Crippen LogP contribution >= 0.6 is 0 Å². The van der Waals surface area contributed by atoms with Crippen LogP contribution in [0.2, 0.25) is 0 Å². The van der Waals surface area contributed by atoms with Crippen LogP contribution in [-0.2, 0) is 23.1 Å². The van der Waals surface area contributed by atoms with Gasteiger partial charge in [0.2, 0.25) is 0 Å². The van der Waals surface area contributed by atoms with E-state index in [0.29, 0.717) is 24.1 Å². The molecule has 9 heteroatoms. The van der Waals surface area contributed by atoms with E-state index in [2.05, 4.69) is 0 Å². The lowest BCUT2D eigenvalue weighted by atomic mass is 9.77. The molecule has 0 spiro atoms. The Morgan fingerprint density at radius 1 is 1.07 bits per heavy atom. The summed E-state index contributed by atoms with van der Waals surface area (Å²) in [4.78, 5) is 44.4. The first-order chi connectivity index (χ1) is 19.6. The van der Waals surface area contributed by atoms with Gasteiger partial charge in [-0.25, -0.2) is 4.79 Å². The molecule has 41 heavy (non-hydrogen) atoms. The lowest BCUT2D eigenvalue weighted by Gasteiger charge is -2.43. The van der Waals surface area contributed by atoms with Crippen LogP contribution in [0.5, 0.6) is 0 Å². The predicted octanol–water partition coefficient (Wildman–Crippen LogP) is 3.67. The van der Waals surface area contributed by atoms with Crippen molar-refractivity contribution in [2.75, 3.05) is 20.2 Å². The van der Waals surface area contributed by atoms with Gasteiger partial charge in [-0.15, -0.1) is 0 Å². The Kier molecular flexibility index (Phi) is 7.06. The average molecular weight is 562 g/mol. The lowest BCUT2D eigenvalue weighted by molar-refractivity contribution is 0.00808. The van der Waals surface area contributed by atoms with Gasteiger partial charge in [0, 0.05) is 55.4 Å². The van der Waals surface area contributed by atoms with E-state index in [1.807, 2.05) is 49.1 Å². The third-order valence-corrected chi connectivity index (χ3v) is 9.74. The standard InChI is InChI=1S/C32H39N3O6/c1-32(2)18-33(17-28(36)27-13-19-6-4-5-7-21(19)16-34(27)31(39)40)30(38)25-11-8-20(12-26(25)32)29(37)35-22-9-10-23(35)15-24(14-22)41-3/h4-8,11-12,22-24,27-28,36H,9-10,13-18H2,1-3H3,(H,39,40)/t22-,23?,24+,27+,28+/m1/s1. The summed E-state index contributed by atoms with van der Waals surface area (Å²) in [6.45, 7) is 4.67. The van der Waals surface area contributed by atoms with Gasteiger partial charge < -0.3 is 24.7 Å². The van der Waals surface area contributed by atoms with Crippen molar-refractivity contribution >= 4 is 17.9 Å². The Hall–Kier alpha value is -3.43. The molecule has 4 aliphatic heterocycles. The van der Waals surface area contributed by atoms with Crippen LogP contribution < -0.4 is 0 Å². The molecule has 5 atom stereocenters. The molecule has 2 bridgehead atoms. The van der Waals surface area contributed by atoms with Crippen molar-refractivity contribution in [1.29, 1.82) is 0 Å². The first-order valence-corrected chi connectivity index (χ1v) is 14.6. The number of carboxylic acid groups (broad SMARTS) is 1. The van der Waals surface area contributed by atoms with Gasteiger partial charge in [-0.05, 0) is 67.0 Å². The molecular weight excluding hydrogens is 522 g/mol. The van der Waals surface area contributed by atoms with Crippen molar-refractivity contribution in [2.24, 2.45) is 0 Å². The van der Waals surface area contributed by atoms with E-state index in [0.717, 1.165) is 42.4 Å². The molecule has 0 saturated carbocycles. The van der Waals surface area contributed by atoms with Gasteiger partial charge in [0.1, 0.15) is 0 Å². The highest BCUT2D eigenvalue weighted by atomic mass is 16.5. The van der Waals surface area contributed by atoms with Gasteiger partial charge in [0.15, 0.2) is 0 Å². The smallest absolute Gasteiger partial charge is 0.407 e. The second-order valence-electron chi connectivity index (χ2n) is 12.8. The normalized spacial score (nSPS) is 27.3. The zero-order chi connectivity index (χ0) is 29.1. The zero-order valence-corrected chi connectivity index (χ0v) is 24.0. The number of rotatable bonds is 5. The molecule has 0 radical (unpaired) electrons. The fourth-order valence-electron chi connectivity index (χ4n) is 7.62. The highest BCUT2D eigenvalue weighted by molar-refractivity contribution is 6.00. The number of nitrogens with zero attached hydrogens (tertiary/aromatic N) is 3. The quantitative estimate of drug-likeness (QED) is 0.577. The average Bonchev–Trinajstić information content (AvgIpc) is 3.22. The number of ether oxygens (including phenoxy) is 1. The summed E-state index contributed by atoms with van der Waals surface area (Å²) in [5.41, 5.74) is 3.44. The number of piperidine rings is 1. The number of methoxy groups -OCH3 is 1. The summed E-state index contributed by atoms with van der Waals surface area (Å²) in [5, 5.41) is 21.2. The highest BCUT2D eigenvalue weighted by Crippen LogP contribution is 2.39. The fourth-order valence-corrected chi connectivity index (χ4v) is 7.62. The number of aliphatic hydroxyl groups is 1. The number of hydrogen-bond acceptors (Lipinski definition) is 5. The van der Waals surface area contributed by atoms with Crippen LogP contribution in [0.25, 0.3) is 0 Å². The van der Waals surface area contributed by atoms with E-state index < -0.39 is 23.7 Å². The number of fused-ring (bicyclic) bond motifs is 4. The molecule has 6 rings (SSSR count). The largest absolute Gasteiger partial charge is 0.465 e. The van der Waals surface area contributed by atoms with Crippen molar-refractivity contribution in [3.8, 4) is 0 Å². The first kappa shape index (κ1) is 27.7. The molecule has 4 heterocycles. The predicted molar refractivity (Wildman–Crippen MR) is 152 cm³/mol. The number of carbonyl (C=O) groups is 3. The van der Waals surface area contributed by atoms with E-state index in [9.17, 15) is 24.6 Å². The Balaban J connectivity index is 1.21. The van der Waals surface area contributed by atoms with Crippen LogP contribution in [0.1, 0.15) is 76.9 Å². The Morgan fingerprint density at radius 2 is 1.76 bits per heavy atom. The number of carbonyl (C=O) groups excluding carboxylic acids is 2. The second kappa shape index (κ2) is 10.4. The molecule has 3 amide bonds. The molecule has 2 N–H and O–H groups in total. The molecule has 1 unspecified atom stereocenters. The van der Waals surface area contributed by atoms with E-state index in [1.54, 1.807) is 24.1 Å². The van der Waals surface area contributed by atoms with Crippen molar-refractivity contribution in [3.05, 3.63) is 70.3 Å². The van der Waals surface area contributed by atoms with E-state index in [4.69, 9.17) is 4.74 Å². The second-order valence-corrected chi connectivity index (χ2v) is 12.8. The van der Waals surface area contributed by atoms with Crippen LogP contribution in [-0.4, -0.2) is 93.4 Å². The maximum absolute atomic E-state index is 13.7. The molecule has 2 fully saturated rings. The fraction of sp³-hybridized carbons (Fsp3) is 0.531. The van der Waals surface area contributed by atoms with Crippen LogP contribution in [0, 0.1) is 0 Å². The van der Waals surface area contributed by atoms with E-state index in [1.165, 1.54) is 4.90 Å². The number of aliphatic hydroxyl groups excluding tert-OH is 1. The minimum atomic E-state index is -1.09. The summed E-state index contributed by atoms with van der Waals surface area (Å²) < 4.78 is 5.60. The van der Waals surface area contributed by atoms with Crippen LogP contribution in [0.4, 0.5) is 4.79 Å². The third kappa shape index (κ3) is 4.89. The van der Waals surface area contributed by atoms with Gasteiger partial charge in [-0.1, -0.05) is 38.1 Å². The molecular formula is C32H39N3O6. The van der Waals surface area contributed by atoms with Crippen molar-refractivity contribution < 1.29 is 29.3 Å². The summed E-state index contributed by atoms with van der Waals surface area (Å²) in [7, 11) is 1.74. The van der Waals surface area contributed by atoms with E-state index in [-0.39, 0.29) is 43.1 Å². The molecule has 4 aliphatic rings. The van der Waals surface area contributed by atoms with Crippen molar-refractivity contribution in [3.63, 3.8) is 0 Å². The van der Waals surface area contributed by atoms with Crippen molar-refractivity contribution in [2.45, 2.75) is 88.2 Å². The SMILES string of the molecule is CO[C@@H]1CC2CC[C@H](C1)N2C(=O)c1ccc2c(c1)C(C)(C)CN(C[C@H](O)[C@@H]1Cc3ccccc3CN1C(=O)O)C2=O. The minimum absolute atomic E-state index is 0.0160. The van der Waals surface area contributed by atoms with Gasteiger partial charge in [0.25, 0.3) is 11.8 Å². The number of hydrogen-bond donors (Lipinski definition) is 2. The molecule has 0 aliphatic carbocycles. The number of benzene rings is 2. The molecule has 2 aromatic rings. The topological polar surface area (TPSA) is 111 Å². The van der Waals surface area contributed by atoms with Gasteiger partial charge >= 0.3 is 6.09 Å². The maximum atomic E-state index is 13.7. The third-order valence-electron chi connectivity index (χ3n) is 9.74. The molecule has 218 valence electrons. The summed E-state index contributed by atoms with van der Waals surface area (Å²) in [6, 6.07) is 12.8. The molecule has 9 nitrogen and oxygen atoms in total. The molecule has 2 saturated heterocycles. The summed E-state index contributed by atoms with van der Waals surface area (Å²) in [5.74, 6) is -0.196. The monoisotopic (exact) mass is 561 g/mol.